The molecule has 1 heterocycles. The van der Waals surface area contributed by atoms with Crippen molar-refractivity contribution in [3.8, 4) is 0 Å². The van der Waals surface area contributed by atoms with Crippen LogP contribution in [0.4, 0.5) is 5.82 Å². The first-order valence-corrected chi connectivity index (χ1v) is 8.59. The first-order valence-electron chi connectivity index (χ1n) is 7.83. The fraction of sp³-hybridized carbons (Fsp3) is 0.158. The lowest BCUT2D eigenvalue weighted by molar-refractivity contribution is -0.115. The van der Waals surface area contributed by atoms with Crippen LogP contribution in [0.2, 0.25) is 10.0 Å². The van der Waals surface area contributed by atoms with E-state index < -0.39 is 0 Å². The first-order chi connectivity index (χ1) is 12.0. The van der Waals surface area contributed by atoms with Crippen LogP contribution in [0.1, 0.15) is 16.8 Å². The predicted octanol–water partition coefficient (Wildman–Crippen LogP) is 4.73. The second kappa shape index (κ2) is 7.72. The highest BCUT2D eigenvalue weighted by Crippen LogP contribution is 2.22. The van der Waals surface area contributed by atoms with E-state index in [1.807, 2.05) is 49.4 Å². The highest BCUT2D eigenvalue weighted by atomic mass is 35.5. The number of amides is 1. The van der Waals surface area contributed by atoms with Crippen LogP contribution in [0.3, 0.4) is 0 Å². The fourth-order valence-corrected chi connectivity index (χ4v) is 2.98. The monoisotopic (exact) mass is 373 g/mol. The van der Waals surface area contributed by atoms with E-state index >= 15 is 0 Å². The van der Waals surface area contributed by atoms with Crippen molar-refractivity contribution in [3.63, 3.8) is 0 Å². The lowest BCUT2D eigenvalue weighted by Gasteiger charge is -2.07. The van der Waals surface area contributed by atoms with Crippen molar-refractivity contribution < 1.29 is 4.79 Å². The molecule has 1 N–H and O–H groups in total. The predicted molar refractivity (Wildman–Crippen MR) is 101 cm³/mol. The number of rotatable bonds is 5. The zero-order valence-corrected chi connectivity index (χ0v) is 15.2. The van der Waals surface area contributed by atoms with E-state index in [1.165, 1.54) is 0 Å². The molecule has 0 radical (unpaired) electrons. The summed E-state index contributed by atoms with van der Waals surface area (Å²) in [5.74, 6) is 0.434. The zero-order valence-electron chi connectivity index (χ0n) is 13.7. The molecule has 0 spiro atoms. The van der Waals surface area contributed by atoms with Gasteiger partial charge >= 0.3 is 0 Å². The van der Waals surface area contributed by atoms with E-state index in [4.69, 9.17) is 23.2 Å². The molecule has 0 bridgehead atoms. The van der Waals surface area contributed by atoms with Gasteiger partial charge in [-0.1, -0.05) is 59.6 Å². The number of carbonyl (C=O) groups excluding carboxylic acids is 1. The summed E-state index contributed by atoms with van der Waals surface area (Å²) in [6, 6.07) is 16.8. The van der Waals surface area contributed by atoms with Gasteiger partial charge in [-0.25, -0.2) is 0 Å². The van der Waals surface area contributed by atoms with Gasteiger partial charge in [-0.15, -0.1) is 0 Å². The molecule has 0 aliphatic carbocycles. The van der Waals surface area contributed by atoms with Crippen LogP contribution in [0.25, 0.3) is 0 Å². The molecule has 3 aromatic rings. The van der Waals surface area contributed by atoms with Crippen LogP contribution < -0.4 is 5.32 Å². The van der Waals surface area contributed by atoms with Gasteiger partial charge in [0.2, 0.25) is 5.91 Å². The topological polar surface area (TPSA) is 46.9 Å². The summed E-state index contributed by atoms with van der Waals surface area (Å²) in [4.78, 5) is 12.2. The van der Waals surface area contributed by atoms with Crippen molar-refractivity contribution in [2.24, 2.45) is 0 Å². The van der Waals surface area contributed by atoms with Gasteiger partial charge in [-0.3, -0.25) is 9.48 Å². The lowest BCUT2D eigenvalue weighted by atomic mass is 10.1. The molecule has 0 atom stereocenters. The van der Waals surface area contributed by atoms with Crippen molar-refractivity contribution in [2.75, 3.05) is 5.32 Å². The summed E-state index contributed by atoms with van der Waals surface area (Å²) in [5.41, 5.74) is 2.81. The number of hydrogen-bond acceptors (Lipinski definition) is 2. The maximum absolute atomic E-state index is 12.2. The number of halogens is 2. The quantitative estimate of drug-likeness (QED) is 0.702. The Hall–Kier alpha value is -2.30. The normalized spacial score (nSPS) is 10.7. The van der Waals surface area contributed by atoms with E-state index in [0.717, 1.165) is 16.8 Å². The molecular weight excluding hydrogens is 357 g/mol. The Bertz CT molecular complexity index is 891. The molecule has 1 aromatic heterocycles. The maximum atomic E-state index is 12.2. The molecule has 1 amide bonds. The second-order valence-corrected chi connectivity index (χ2v) is 6.62. The van der Waals surface area contributed by atoms with Gasteiger partial charge in [0.15, 0.2) is 5.82 Å². The van der Waals surface area contributed by atoms with E-state index in [-0.39, 0.29) is 5.91 Å². The largest absolute Gasteiger partial charge is 0.309 e. The van der Waals surface area contributed by atoms with Crippen LogP contribution in [0.5, 0.6) is 0 Å². The Morgan fingerprint density at radius 3 is 2.60 bits per heavy atom. The molecular formula is C19H17Cl2N3O. The van der Waals surface area contributed by atoms with Crippen LogP contribution in [0, 0.1) is 6.92 Å². The Labute approximate surface area is 156 Å². The minimum Gasteiger partial charge on any atom is -0.309 e. The molecule has 0 unspecified atom stereocenters. The van der Waals surface area contributed by atoms with Gasteiger partial charge in [-0.2, -0.15) is 5.10 Å². The molecule has 0 saturated carbocycles. The molecule has 4 nitrogen and oxygen atoms in total. The number of aryl methyl sites for hydroxylation is 1. The first kappa shape index (κ1) is 17.5. The highest BCUT2D eigenvalue weighted by Gasteiger charge is 2.10. The fourth-order valence-electron chi connectivity index (χ4n) is 2.51. The van der Waals surface area contributed by atoms with Gasteiger partial charge < -0.3 is 5.32 Å². The molecule has 3 rings (SSSR count). The summed E-state index contributed by atoms with van der Waals surface area (Å²) in [5, 5.41) is 8.47. The number of hydrogen-bond donors (Lipinski definition) is 1. The minimum atomic E-state index is -0.0969. The van der Waals surface area contributed by atoms with Crippen LogP contribution in [-0.4, -0.2) is 15.7 Å². The summed E-state index contributed by atoms with van der Waals surface area (Å²) >= 11 is 12.1. The van der Waals surface area contributed by atoms with E-state index in [1.54, 1.807) is 16.8 Å². The number of anilines is 1. The molecule has 128 valence electrons. The van der Waals surface area contributed by atoms with Gasteiger partial charge in [0.1, 0.15) is 0 Å². The number of nitrogens with one attached hydrogen (secondary N) is 1. The molecule has 2 aromatic carbocycles. The molecule has 0 aliphatic heterocycles. The van der Waals surface area contributed by atoms with Crippen molar-refractivity contribution in [1.29, 1.82) is 0 Å². The maximum Gasteiger partial charge on any atom is 0.229 e. The summed E-state index contributed by atoms with van der Waals surface area (Å²) < 4.78 is 1.80. The molecule has 0 saturated heterocycles. The third kappa shape index (κ3) is 4.62. The average molecular weight is 374 g/mol. The third-order valence-electron chi connectivity index (χ3n) is 3.79. The van der Waals surface area contributed by atoms with Crippen molar-refractivity contribution in [1.82, 2.24) is 9.78 Å². The molecule has 6 heteroatoms. The number of nitrogens with zero attached hydrogens (tertiary/aromatic N) is 2. The van der Waals surface area contributed by atoms with Gasteiger partial charge in [0, 0.05) is 21.8 Å². The SMILES string of the molecule is Cc1cc(NC(=O)Cc2ccccc2)nn1Cc1ccc(Cl)cc1Cl. The standard InChI is InChI=1S/C19H17Cl2N3O/c1-13-9-18(22-19(25)10-14-5-3-2-4-6-14)23-24(13)12-15-7-8-16(20)11-17(15)21/h2-9,11H,10,12H2,1H3,(H,22,23,25). The number of carbonyl (C=O) groups is 1. The van der Waals surface area contributed by atoms with Crippen LogP contribution in [0.15, 0.2) is 54.6 Å². The lowest BCUT2D eigenvalue weighted by Crippen LogP contribution is -2.15. The van der Waals surface area contributed by atoms with E-state index in [2.05, 4.69) is 10.4 Å². The van der Waals surface area contributed by atoms with Gasteiger partial charge in [0.05, 0.1) is 13.0 Å². The molecule has 0 aliphatic rings. The summed E-state index contributed by atoms with van der Waals surface area (Å²) in [6.07, 6.45) is 0.315. The summed E-state index contributed by atoms with van der Waals surface area (Å²) in [6.45, 7) is 2.44. The van der Waals surface area contributed by atoms with E-state index in [0.29, 0.717) is 28.8 Å². The molecule has 0 fully saturated rings. The third-order valence-corrected chi connectivity index (χ3v) is 4.38. The zero-order chi connectivity index (χ0) is 17.8. The van der Waals surface area contributed by atoms with Crippen molar-refractivity contribution in [2.45, 2.75) is 19.9 Å². The van der Waals surface area contributed by atoms with Gasteiger partial charge in [-0.05, 0) is 30.2 Å². The average Bonchev–Trinajstić information content (AvgIpc) is 2.90. The van der Waals surface area contributed by atoms with Crippen LogP contribution in [-0.2, 0) is 17.8 Å². The van der Waals surface area contributed by atoms with E-state index in [9.17, 15) is 4.79 Å². The Morgan fingerprint density at radius 1 is 1.12 bits per heavy atom. The van der Waals surface area contributed by atoms with Crippen LogP contribution >= 0.6 is 23.2 Å². The highest BCUT2D eigenvalue weighted by molar-refractivity contribution is 6.35. The minimum absolute atomic E-state index is 0.0969. The Balaban J connectivity index is 1.68. The van der Waals surface area contributed by atoms with Crippen molar-refractivity contribution in [3.05, 3.63) is 81.5 Å². The Morgan fingerprint density at radius 2 is 1.88 bits per heavy atom. The van der Waals surface area contributed by atoms with Gasteiger partial charge in [0.25, 0.3) is 0 Å². The summed E-state index contributed by atoms with van der Waals surface area (Å²) in [7, 11) is 0. The van der Waals surface area contributed by atoms with Crippen molar-refractivity contribution >= 4 is 34.9 Å². The number of aromatic nitrogens is 2. The number of benzene rings is 2. The second-order valence-electron chi connectivity index (χ2n) is 5.77. The molecule has 25 heavy (non-hydrogen) atoms. The smallest absolute Gasteiger partial charge is 0.229 e. The Kier molecular flexibility index (Phi) is 5.41.